The molecule has 4 nitrogen and oxygen atoms in total. The minimum atomic E-state index is -0.343. The topological polar surface area (TPSA) is 58.6 Å². The Morgan fingerprint density at radius 3 is 2.36 bits per heavy atom. The molecule has 0 saturated carbocycles. The number of hydrogen-bond acceptors (Lipinski definition) is 3. The molecule has 25 heavy (non-hydrogen) atoms. The van der Waals surface area contributed by atoms with Crippen molar-refractivity contribution in [1.82, 2.24) is 5.32 Å². The third kappa shape index (κ3) is 6.67. The molecule has 0 aliphatic carbocycles. The predicted octanol–water partition coefficient (Wildman–Crippen LogP) is 3.89. The summed E-state index contributed by atoms with van der Waals surface area (Å²) in [5, 5.41) is 12.8. The van der Waals surface area contributed by atoms with Gasteiger partial charge in [0.1, 0.15) is 11.5 Å². The van der Waals surface area contributed by atoms with Gasteiger partial charge in [-0.3, -0.25) is 4.79 Å². The van der Waals surface area contributed by atoms with Gasteiger partial charge >= 0.3 is 0 Å². The first-order chi connectivity index (χ1) is 11.4. The van der Waals surface area contributed by atoms with Crippen molar-refractivity contribution in [2.75, 3.05) is 7.11 Å². The standard InChI is InChI=1S/C20H25NO3.ClH/c1-20(2,14-15-8-11-17(24-3)12-9-15)21-19(23)13-10-16-6-4-5-7-18(16)22;/h4-9,11-12,22H,10,13-14H2,1-3H3,(H,21,23);1H. The fourth-order valence-corrected chi connectivity index (χ4v) is 2.71. The van der Waals surface area contributed by atoms with Gasteiger partial charge in [-0.25, -0.2) is 0 Å². The van der Waals surface area contributed by atoms with Crippen LogP contribution in [0.3, 0.4) is 0 Å². The number of rotatable bonds is 7. The van der Waals surface area contributed by atoms with E-state index in [1.54, 1.807) is 19.2 Å². The predicted molar refractivity (Wildman–Crippen MR) is 103 cm³/mol. The summed E-state index contributed by atoms with van der Waals surface area (Å²) in [6.07, 6.45) is 1.61. The van der Waals surface area contributed by atoms with Crippen molar-refractivity contribution >= 4 is 18.3 Å². The van der Waals surface area contributed by atoms with E-state index in [1.807, 2.05) is 50.2 Å². The number of amides is 1. The Labute approximate surface area is 155 Å². The van der Waals surface area contributed by atoms with E-state index in [2.05, 4.69) is 5.32 Å². The fourth-order valence-electron chi connectivity index (χ4n) is 2.71. The van der Waals surface area contributed by atoms with E-state index in [1.165, 1.54) is 0 Å². The van der Waals surface area contributed by atoms with E-state index < -0.39 is 0 Å². The molecule has 0 radical (unpaired) electrons. The zero-order valence-corrected chi connectivity index (χ0v) is 15.7. The van der Waals surface area contributed by atoms with Gasteiger partial charge in [0, 0.05) is 12.0 Å². The van der Waals surface area contributed by atoms with E-state index in [4.69, 9.17) is 4.74 Å². The maximum absolute atomic E-state index is 12.2. The van der Waals surface area contributed by atoms with E-state index in [-0.39, 0.29) is 29.6 Å². The third-order valence-corrected chi connectivity index (χ3v) is 3.90. The number of halogens is 1. The van der Waals surface area contributed by atoms with Crippen LogP contribution in [0.4, 0.5) is 0 Å². The van der Waals surface area contributed by atoms with Crippen molar-refractivity contribution in [3.05, 3.63) is 59.7 Å². The van der Waals surface area contributed by atoms with Crippen LogP contribution < -0.4 is 10.1 Å². The Hall–Kier alpha value is -2.20. The largest absolute Gasteiger partial charge is 0.508 e. The van der Waals surface area contributed by atoms with Crippen molar-refractivity contribution < 1.29 is 14.6 Å². The second-order valence-corrected chi connectivity index (χ2v) is 6.59. The lowest BCUT2D eigenvalue weighted by atomic mass is 9.94. The minimum absolute atomic E-state index is 0. The Kier molecular flexibility index (Phi) is 7.78. The molecule has 2 aromatic carbocycles. The van der Waals surface area contributed by atoms with Crippen LogP contribution in [0.2, 0.25) is 0 Å². The number of benzene rings is 2. The van der Waals surface area contributed by atoms with Gasteiger partial charge in [-0.2, -0.15) is 0 Å². The second-order valence-electron chi connectivity index (χ2n) is 6.59. The Bertz CT molecular complexity index is 684. The summed E-state index contributed by atoms with van der Waals surface area (Å²) in [4.78, 5) is 12.2. The highest BCUT2D eigenvalue weighted by atomic mass is 35.5. The van der Waals surface area contributed by atoms with Crippen molar-refractivity contribution in [2.45, 2.75) is 38.6 Å². The number of aromatic hydroxyl groups is 1. The lowest BCUT2D eigenvalue weighted by Gasteiger charge is -2.26. The summed E-state index contributed by atoms with van der Waals surface area (Å²) in [7, 11) is 1.64. The summed E-state index contributed by atoms with van der Waals surface area (Å²) >= 11 is 0. The van der Waals surface area contributed by atoms with Gasteiger partial charge < -0.3 is 15.2 Å². The molecule has 0 bridgehead atoms. The first kappa shape index (κ1) is 20.8. The highest BCUT2D eigenvalue weighted by Crippen LogP contribution is 2.19. The van der Waals surface area contributed by atoms with E-state index in [0.29, 0.717) is 12.8 Å². The summed E-state index contributed by atoms with van der Waals surface area (Å²) in [6, 6.07) is 15.0. The van der Waals surface area contributed by atoms with Crippen LogP contribution in [-0.4, -0.2) is 23.7 Å². The molecule has 0 unspecified atom stereocenters. The highest BCUT2D eigenvalue weighted by Gasteiger charge is 2.21. The zero-order chi connectivity index (χ0) is 17.6. The molecule has 1 amide bonds. The van der Waals surface area contributed by atoms with Crippen LogP contribution in [-0.2, 0) is 17.6 Å². The zero-order valence-electron chi connectivity index (χ0n) is 14.9. The lowest BCUT2D eigenvalue weighted by Crippen LogP contribution is -2.45. The number of nitrogens with one attached hydrogen (secondary N) is 1. The average molecular weight is 364 g/mol. The monoisotopic (exact) mass is 363 g/mol. The van der Waals surface area contributed by atoms with Gasteiger partial charge in [-0.1, -0.05) is 30.3 Å². The normalized spacial score (nSPS) is 10.7. The highest BCUT2D eigenvalue weighted by molar-refractivity contribution is 5.85. The molecule has 0 aliphatic rings. The molecule has 2 N–H and O–H groups in total. The van der Waals surface area contributed by atoms with E-state index >= 15 is 0 Å². The summed E-state index contributed by atoms with van der Waals surface area (Å²) in [5.74, 6) is 1.04. The smallest absolute Gasteiger partial charge is 0.220 e. The average Bonchev–Trinajstić information content (AvgIpc) is 2.54. The molecule has 5 heteroatoms. The van der Waals surface area contributed by atoms with E-state index in [0.717, 1.165) is 23.3 Å². The number of carbonyl (C=O) groups excluding carboxylic acids is 1. The van der Waals surface area contributed by atoms with Crippen LogP contribution in [0.25, 0.3) is 0 Å². The van der Waals surface area contributed by atoms with Crippen LogP contribution in [0, 0.1) is 0 Å². The van der Waals surface area contributed by atoms with Crippen molar-refractivity contribution in [1.29, 1.82) is 0 Å². The Morgan fingerprint density at radius 1 is 1.12 bits per heavy atom. The second kappa shape index (κ2) is 9.33. The van der Waals surface area contributed by atoms with Crippen molar-refractivity contribution in [2.24, 2.45) is 0 Å². The molecular formula is C20H26ClNO3. The molecule has 0 atom stereocenters. The quantitative estimate of drug-likeness (QED) is 0.784. The summed E-state index contributed by atoms with van der Waals surface area (Å²) < 4.78 is 5.16. The lowest BCUT2D eigenvalue weighted by molar-refractivity contribution is -0.122. The maximum atomic E-state index is 12.2. The number of methoxy groups -OCH3 is 1. The molecule has 0 aromatic heterocycles. The number of phenols is 1. The van der Waals surface area contributed by atoms with Crippen LogP contribution in [0.5, 0.6) is 11.5 Å². The fraction of sp³-hybridized carbons (Fsp3) is 0.350. The Morgan fingerprint density at radius 2 is 1.76 bits per heavy atom. The molecule has 2 aromatic rings. The number of hydrogen-bond donors (Lipinski definition) is 2. The number of phenolic OH excluding ortho intramolecular Hbond substituents is 1. The molecule has 0 heterocycles. The summed E-state index contributed by atoms with van der Waals surface area (Å²) in [5.41, 5.74) is 1.59. The number of para-hydroxylation sites is 1. The molecule has 0 spiro atoms. The maximum Gasteiger partial charge on any atom is 0.220 e. The van der Waals surface area contributed by atoms with Gasteiger partial charge in [0.05, 0.1) is 7.11 Å². The number of ether oxygens (including phenoxy) is 1. The summed E-state index contributed by atoms with van der Waals surface area (Å²) in [6.45, 7) is 4.02. The third-order valence-electron chi connectivity index (χ3n) is 3.90. The molecule has 2 rings (SSSR count). The number of carbonyl (C=O) groups is 1. The van der Waals surface area contributed by atoms with Crippen molar-refractivity contribution in [3.8, 4) is 11.5 Å². The van der Waals surface area contributed by atoms with Gasteiger partial charge in [-0.15, -0.1) is 12.4 Å². The van der Waals surface area contributed by atoms with Crippen LogP contribution in [0.15, 0.2) is 48.5 Å². The molecule has 136 valence electrons. The minimum Gasteiger partial charge on any atom is -0.508 e. The van der Waals surface area contributed by atoms with Crippen LogP contribution >= 0.6 is 12.4 Å². The SMILES string of the molecule is COc1ccc(CC(C)(C)NC(=O)CCc2ccccc2O)cc1.Cl. The van der Waals surface area contributed by atoms with Gasteiger partial charge in [-0.05, 0) is 56.0 Å². The van der Waals surface area contributed by atoms with E-state index in [9.17, 15) is 9.90 Å². The molecular weight excluding hydrogens is 338 g/mol. The first-order valence-electron chi connectivity index (χ1n) is 8.10. The molecule has 0 saturated heterocycles. The van der Waals surface area contributed by atoms with Gasteiger partial charge in [0.25, 0.3) is 0 Å². The number of aryl methyl sites for hydroxylation is 1. The van der Waals surface area contributed by atoms with Gasteiger partial charge in [0.2, 0.25) is 5.91 Å². The first-order valence-corrected chi connectivity index (χ1v) is 8.10. The Balaban J connectivity index is 0.00000312. The van der Waals surface area contributed by atoms with Crippen molar-refractivity contribution in [3.63, 3.8) is 0 Å². The van der Waals surface area contributed by atoms with Crippen LogP contribution in [0.1, 0.15) is 31.4 Å². The van der Waals surface area contributed by atoms with Gasteiger partial charge in [0.15, 0.2) is 0 Å². The molecule has 0 fully saturated rings. The molecule has 0 aliphatic heterocycles.